The number of hydrogen-bond acceptors (Lipinski definition) is 3. The van der Waals surface area contributed by atoms with E-state index in [4.69, 9.17) is 0 Å². The van der Waals surface area contributed by atoms with Gasteiger partial charge in [0.25, 0.3) is 0 Å². The molecule has 0 aliphatic carbocycles. The average molecular weight is 171 g/mol. The van der Waals surface area contributed by atoms with Gasteiger partial charge >= 0.3 is 0 Å². The highest BCUT2D eigenvalue weighted by molar-refractivity contribution is 7.98. The van der Waals surface area contributed by atoms with E-state index < -0.39 is 5.95 Å². The lowest BCUT2D eigenvalue weighted by Crippen LogP contribution is -1.91. The quantitative estimate of drug-likeness (QED) is 0.386. The van der Waals surface area contributed by atoms with E-state index in [9.17, 15) is 9.18 Å². The zero-order chi connectivity index (χ0) is 8.27. The molecule has 1 rings (SSSR count). The third kappa shape index (κ3) is 1.77. The van der Waals surface area contributed by atoms with E-state index in [0.29, 0.717) is 6.29 Å². The van der Waals surface area contributed by atoms with Crippen LogP contribution in [0.3, 0.4) is 0 Å². The lowest BCUT2D eigenvalue weighted by Gasteiger charge is -1.96. The van der Waals surface area contributed by atoms with E-state index in [0.717, 1.165) is 4.90 Å². The van der Waals surface area contributed by atoms with Crippen molar-refractivity contribution >= 4 is 18.0 Å². The van der Waals surface area contributed by atoms with Crippen LogP contribution in [0.25, 0.3) is 0 Å². The van der Waals surface area contributed by atoms with E-state index >= 15 is 0 Å². The van der Waals surface area contributed by atoms with Crippen LogP contribution < -0.4 is 0 Å². The molecule has 0 atom stereocenters. The van der Waals surface area contributed by atoms with Crippen molar-refractivity contribution in [3.05, 3.63) is 23.8 Å². The maximum atomic E-state index is 12.6. The summed E-state index contributed by atoms with van der Waals surface area (Å²) in [5.74, 6) is -0.710. The molecule has 0 aromatic carbocycles. The predicted molar refractivity (Wildman–Crippen MR) is 41.4 cm³/mol. The average Bonchev–Trinajstić information content (AvgIpc) is 2.05. The molecule has 0 amide bonds. The van der Waals surface area contributed by atoms with Crippen molar-refractivity contribution in [1.82, 2.24) is 4.98 Å². The van der Waals surface area contributed by atoms with E-state index in [1.807, 2.05) is 6.26 Å². The van der Waals surface area contributed by atoms with Gasteiger partial charge in [0.1, 0.15) is 0 Å². The van der Waals surface area contributed by atoms with Crippen LogP contribution in [0.15, 0.2) is 17.2 Å². The van der Waals surface area contributed by atoms with E-state index in [1.54, 1.807) is 0 Å². The topological polar surface area (TPSA) is 30.0 Å². The Morgan fingerprint density at radius 2 is 2.45 bits per heavy atom. The van der Waals surface area contributed by atoms with E-state index in [-0.39, 0.29) is 5.56 Å². The number of thioether (sulfide) groups is 1. The molecule has 0 spiro atoms. The number of halogens is 1. The van der Waals surface area contributed by atoms with Crippen molar-refractivity contribution in [3.63, 3.8) is 0 Å². The zero-order valence-corrected chi connectivity index (χ0v) is 6.69. The summed E-state index contributed by atoms with van der Waals surface area (Å²) in [5, 5.41) is 0. The van der Waals surface area contributed by atoms with Crippen LogP contribution in [0.5, 0.6) is 0 Å². The van der Waals surface area contributed by atoms with Crippen LogP contribution in [0.1, 0.15) is 10.4 Å². The molecule has 0 aliphatic heterocycles. The first-order valence-corrected chi connectivity index (χ1v) is 4.15. The molecule has 0 bridgehead atoms. The number of nitrogens with zero attached hydrogens (tertiary/aromatic N) is 1. The van der Waals surface area contributed by atoms with Crippen molar-refractivity contribution < 1.29 is 9.18 Å². The van der Waals surface area contributed by atoms with Crippen molar-refractivity contribution in [1.29, 1.82) is 0 Å². The molecule has 0 saturated heterocycles. The first kappa shape index (κ1) is 8.20. The Bertz CT molecular complexity index is 277. The van der Waals surface area contributed by atoms with Crippen LogP contribution in [0, 0.1) is 5.95 Å². The predicted octanol–water partition coefficient (Wildman–Crippen LogP) is 1.76. The molecule has 0 saturated carbocycles. The summed E-state index contributed by atoms with van der Waals surface area (Å²) in [6.07, 6.45) is 3.69. The number of pyridine rings is 1. The number of aromatic nitrogens is 1. The fourth-order valence-electron chi connectivity index (χ4n) is 0.639. The maximum absolute atomic E-state index is 12.6. The summed E-state index contributed by atoms with van der Waals surface area (Å²) in [5.41, 5.74) is 0.0110. The van der Waals surface area contributed by atoms with Gasteiger partial charge in [-0.2, -0.15) is 4.39 Å². The van der Waals surface area contributed by atoms with Crippen LogP contribution in [-0.4, -0.2) is 17.5 Å². The van der Waals surface area contributed by atoms with Gasteiger partial charge in [-0.3, -0.25) is 4.79 Å². The summed E-state index contributed by atoms with van der Waals surface area (Å²) in [4.78, 5) is 14.4. The van der Waals surface area contributed by atoms with Gasteiger partial charge < -0.3 is 0 Å². The van der Waals surface area contributed by atoms with Crippen molar-refractivity contribution in [2.45, 2.75) is 4.90 Å². The Kier molecular flexibility index (Phi) is 2.59. The molecule has 1 aromatic rings. The third-order valence-corrected chi connectivity index (χ3v) is 1.90. The van der Waals surface area contributed by atoms with Crippen LogP contribution >= 0.6 is 11.8 Å². The minimum Gasteiger partial charge on any atom is -0.298 e. The highest BCUT2D eigenvalue weighted by atomic mass is 32.2. The normalized spacial score (nSPS) is 9.64. The number of hydrogen-bond donors (Lipinski definition) is 0. The smallest absolute Gasteiger partial charge is 0.223 e. The van der Waals surface area contributed by atoms with Crippen LogP contribution in [-0.2, 0) is 0 Å². The Labute approximate surface area is 67.8 Å². The lowest BCUT2D eigenvalue weighted by molar-refractivity contribution is 0.111. The largest absolute Gasteiger partial charge is 0.298 e. The number of carbonyl (C=O) groups is 1. The third-order valence-electron chi connectivity index (χ3n) is 1.20. The summed E-state index contributed by atoms with van der Waals surface area (Å²) in [6.45, 7) is 0. The van der Waals surface area contributed by atoms with Crippen LogP contribution in [0.2, 0.25) is 0 Å². The number of aldehydes is 1. The lowest BCUT2D eigenvalue weighted by atomic mass is 10.3. The number of carbonyl (C=O) groups excluding carboxylic acids is 1. The fraction of sp³-hybridized carbons (Fsp3) is 0.143. The summed E-state index contributed by atoms with van der Waals surface area (Å²) in [6, 6.07) is 1.47. The first-order chi connectivity index (χ1) is 5.27. The molecule has 0 aliphatic rings. The molecule has 0 radical (unpaired) electrons. The Morgan fingerprint density at radius 3 is 3.00 bits per heavy atom. The van der Waals surface area contributed by atoms with Gasteiger partial charge in [0.15, 0.2) is 6.29 Å². The molecular weight excluding hydrogens is 165 g/mol. The summed E-state index contributed by atoms with van der Waals surface area (Å²) in [7, 11) is 0. The van der Waals surface area contributed by atoms with Crippen molar-refractivity contribution in [2.24, 2.45) is 0 Å². The Balaban J connectivity index is 3.12. The van der Waals surface area contributed by atoms with E-state index in [1.165, 1.54) is 24.0 Å². The maximum Gasteiger partial charge on any atom is 0.223 e. The fourth-order valence-corrected chi connectivity index (χ4v) is 1.04. The second-order valence-electron chi connectivity index (χ2n) is 1.87. The van der Waals surface area contributed by atoms with Gasteiger partial charge in [-0.05, 0) is 12.3 Å². The first-order valence-electron chi connectivity index (χ1n) is 2.92. The van der Waals surface area contributed by atoms with Crippen LogP contribution in [0.4, 0.5) is 4.39 Å². The highest BCUT2D eigenvalue weighted by Crippen LogP contribution is 2.14. The van der Waals surface area contributed by atoms with Crippen molar-refractivity contribution in [3.8, 4) is 0 Å². The summed E-state index contributed by atoms with van der Waals surface area (Å²) >= 11 is 1.42. The molecule has 1 heterocycles. The molecule has 0 unspecified atom stereocenters. The van der Waals surface area contributed by atoms with Crippen molar-refractivity contribution in [2.75, 3.05) is 6.26 Å². The highest BCUT2D eigenvalue weighted by Gasteiger charge is 2.02. The van der Waals surface area contributed by atoms with Gasteiger partial charge in [0.05, 0.1) is 5.56 Å². The number of rotatable bonds is 2. The summed E-state index contributed by atoms with van der Waals surface area (Å²) < 4.78 is 12.6. The molecular formula is C7H6FNOS. The van der Waals surface area contributed by atoms with Gasteiger partial charge in [-0.15, -0.1) is 11.8 Å². The molecule has 0 N–H and O–H groups in total. The molecule has 1 aromatic heterocycles. The second-order valence-corrected chi connectivity index (χ2v) is 2.75. The Hall–Kier alpha value is -0.900. The molecule has 2 nitrogen and oxygen atoms in total. The van der Waals surface area contributed by atoms with Gasteiger partial charge in [-0.1, -0.05) is 0 Å². The van der Waals surface area contributed by atoms with Gasteiger partial charge in [-0.25, -0.2) is 4.98 Å². The second kappa shape index (κ2) is 3.48. The SMILES string of the molecule is CSc1cnc(F)c(C=O)c1. The molecule has 11 heavy (non-hydrogen) atoms. The zero-order valence-electron chi connectivity index (χ0n) is 5.87. The Morgan fingerprint density at radius 1 is 1.73 bits per heavy atom. The molecule has 58 valence electrons. The van der Waals surface area contributed by atoms with Gasteiger partial charge in [0, 0.05) is 11.1 Å². The molecule has 0 fully saturated rings. The van der Waals surface area contributed by atoms with E-state index in [2.05, 4.69) is 4.98 Å². The van der Waals surface area contributed by atoms with Gasteiger partial charge in [0.2, 0.25) is 5.95 Å². The molecule has 4 heteroatoms. The minimum absolute atomic E-state index is 0.0110. The standard InChI is InChI=1S/C7H6FNOS/c1-11-6-2-5(4-10)7(8)9-3-6/h2-4H,1H3. The minimum atomic E-state index is -0.710. The monoisotopic (exact) mass is 171 g/mol.